The third-order valence-corrected chi connectivity index (χ3v) is 4.05. The van der Waals surface area contributed by atoms with Crippen LogP contribution in [-0.4, -0.2) is 30.3 Å². The van der Waals surface area contributed by atoms with Gasteiger partial charge in [-0.1, -0.05) is 30.9 Å². The summed E-state index contributed by atoms with van der Waals surface area (Å²) in [5, 5.41) is 13.8. The van der Waals surface area contributed by atoms with E-state index in [1.165, 1.54) is 6.42 Å². The molecule has 0 atom stereocenters. The van der Waals surface area contributed by atoms with Gasteiger partial charge in [-0.15, -0.1) is 0 Å². The number of nitrogens with one attached hydrogen (secondary N) is 1. The van der Waals surface area contributed by atoms with Crippen molar-refractivity contribution >= 4 is 23.2 Å². The first-order chi connectivity index (χ1) is 10.0. The maximum Gasteiger partial charge on any atom is 0.193 e. The SMILES string of the molecule is COc1ccc(NC(N)=NCC2(O)CCCCC2)cc1Cl. The number of hydrogen-bond acceptors (Lipinski definition) is 3. The van der Waals surface area contributed by atoms with Crippen LogP contribution in [0.5, 0.6) is 5.75 Å². The normalized spacial score (nSPS) is 18.3. The van der Waals surface area contributed by atoms with Crippen molar-refractivity contribution in [1.82, 2.24) is 0 Å². The van der Waals surface area contributed by atoms with Crippen LogP contribution in [-0.2, 0) is 0 Å². The van der Waals surface area contributed by atoms with Gasteiger partial charge in [0.1, 0.15) is 5.75 Å². The van der Waals surface area contributed by atoms with Crippen molar-refractivity contribution in [1.29, 1.82) is 0 Å². The summed E-state index contributed by atoms with van der Waals surface area (Å²) in [7, 11) is 1.56. The summed E-state index contributed by atoms with van der Waals surface area (Å²) in [4.78, 5) is 4.25. The Hall–Kier alpha value is -1.46. The molecule has 1 saturated carbocycles. The lowest BCUT2D eigenvalue weighted by Gasteiger charge is -2.30. The van der Waals surface area contributed by atoms with Crippen LogP contribution in [0.4, 0.5) is 5.69 Å². The number of aliphatic hydroxyl groups is 1. The van der Waals surface area contributed by atoms with E-state index in [1.807, 2.05) is 6.07 Å². The molecule has 6 heteroatoms. The summed E-state index contributed by atoms with van der Waals surface area (Å²) in [6, 6.07) is 5.28. The number of nitrogens with two attached hydrogens (primary N) is 1. The molecule has 1 aromatic carbocycles. The summed E-state index contributed by atoms with van der Waals surface area (Å²) in [5.74, 6) is 0.879. The highest BCUT2D eigenvalue weighted by Gasteiger charge is 2.28. The molecule has 0 unspecified atom stereocenters. The van der Waals surface area contributed by atoms with Crippen molar-refractivity contribution in [3.63, 3.8) is 0 Å². The molecule has 0 radical (unpaired) electrons. The highest BCUT2D eigenvalue weighted by atomic mass is 35.5. The minimum atomic E-state index is -0.706. The summed E-state index contributed by atoms with van der Waals surface area (Å²) < 4.78 is 5.09. The van der Waals surface area contributed by atoms with Crippen LogP contribution in [0.1, 0.15) is 32.1 Å². The van der Waals surface area contributed by atoms with Gasteiger partial charge in [0.25, 0.3) is 0 Å². The van der Waals surface area contributed by atoms with Crippen LogP contribution < -0.4 is 15.8 Å². The molecule has 0 amide bonds. The summed E-state index contributed by atoms with van der Waals surface area (Å²) in [6.07, 6.45) is 4.86. The number of nitrogens with zero attached hydrogens (tertiary/aromatic N) is 1. The number of methoxy groups -OCH3 is 1. The molecular weight excluding hydrogens is 290 g/mol. The molecule has 1 aliphatic carbocycles. The Morgan fingerprint density at radius 3 is 2.76 bits per heavy atom. The Labute approximate surface area is 130 Å². The van der Waals surface area contributed by atoms with E-state index in [0.29, 0.717) is 17.3 Å². The highest BCUT2D eigenvalue weighted by molar-refractivity contribution is 6.32. The lowest BCUT2D eigenvalue weighted by Crippen LogP contribution is -2.36. The number of halogens is 1. The third kappa shape index (κ3) is 4.51. The van der Waals surface area contributed by atoms with E-state index in [2.05, 4.69) is 10.3 Å². The van der Waals surface area contributed by atoms with Crippen LogP contribution >= 0.6 is 11.6 Å². The lowest BCUT2D eigenvalue weighted by atomic mass is 9.85. The molecule has 1 fully saturated rings. The number of hydrogen-bond donors (Lipinski definition) is 3. The van der Waals surface area contributed by atoms with Crippen LogP contribution in [0.15, 0.2) is 23.2 Å². The number of guanidine groups is 1. The van der Waals surface area contributed by atoms with Gasteiger partial charge in [0.05, 0.1) is 24.3 Å². The fourth-order valence-electron chi connectivity index (χ4n) is 2.53. The Morgan fingerprint density at radius 1 is 1.43 bits per heavy atom. The monoisotopic (exact) mass is 311 g/mol. The van der Waals surface area contributed by atoms with Crippen molar-refractivity contribution < 1.29 is 9.84 Å². The fraction of sp³-hybridized carbons (Fsp3) is 0.533. The van der Waals surface area contributed by atoms with Gasteiger partial charge >= 0.3 is 0 Å². The molecule has 0 heterocycles. The Morgan fingerprint density at radius 2 is 2.14 bits per heavy atom. The maximum absolute atomic E-state index is 10.4. The minimum Gasteiger partial charge on any atom is -0.495 e. The Bertz CT molecular complexity index is 514. The molecule has 1 aromatic rings. The standard InChI is InChI=1S/C15H22ClN3O2/c1-21-13-6-5-11(9-12(13)16)19-14(17)18-10-15(20)7-3-2-4-8-15/h5-6,9,20H,2-4,7-8,10H2,1H3,(H3,17,18,19). The predicted molar refractivity (Wildman–Crippen MR) is 86.2 cm³/mol. The van der Waals surface area contributed by atoms with E-state index < -0.39 is 5.60 Å². The zero-order valence-electron chi connectivity index (χ0n) is 12.2. The maximum atomic E-state index is 10.4. The summed E-state index contributed by atoms with van der Waals surface area (Å²) in [5.41, 5.74) is 5.88. The molecule has 1 aliphatic rings. The zero-order chi connectivity index (χ0) is 15.3. The molecule has 0 aromatic heterocycles. The van der Waals surface area contributed by atoms with E-state index in [9.17, 15) is 5.11 Å². The minimum absolute atomic E-state index is 0.273. The first-order valence-corrected chi connectivity index (χ1v) is 7.53. The van der Waals surface area contributed by atoms with E-state index in [1.54, 1.807) is 19.2 Å². The van der Waals surface area contributed by atoms with E-state index in [4.69, 9.17) is 22.1 Å². The van der Waals surface area contributed by atoms with Crippen LogP contribution in [0.25, 0.3) is 0 Å². The van der Waals surface area contributed by atoms with Crippen molar-refractivity contribution in [2.75, 3.05) is 19.0 Å². The van der Waals surface area contributed by atoms with E-state index in [0.717, 1.165) is 31.4 Å². The van der Waals surface area contributed by atoms with Gasteiger partial charge in [-0.25, -0.2) is 0 Å². The van der Waals surface area contributed by atoms with Gasteiger partial charge < -0.3 is 20.9 Å². The predicted octanol–water partition coefficient (Wildman–Crippen LogP) is 2.77. The number of rotatable bonds is 4. The average Bonchev–Trinajstić information content (AvgIpc) is 2.46. The largest absolute Gasteiger partial charge is 0.495 e. The van der Waals surface area contributed by atoms with Crippen molar-refractivity contribution in [3.8, 4) is 5.75 Å². The number of benzene rings is 1. The van der Waals surface area contributed by atoms with Crippen molar-refractivity contribution in [2.45, 2.75) is 37.7 Å². The van der Waals surface area contributed by atoms with Gasteiger partial charge in [-0.2, -0.15) is 0 Å². The van der Waals surface area contributed by atoms with E-state index >= 15 is 0 Å². The van der Waals surface area contributed by atoms with Gasteiger partial charge in [0.15, 0.2) is 5.96 Å². The molecule has 0 saturated heterocycles. The summed E-state index contributed by atoms with van der Waals surface area (Å²) in [6.45, 7) is 0.329. The smallest absolute Gasteiger partial charge is 0.193 e. The molecule has 0 spiro atoms. The average molecular weight is 312 g/mol. The van der Waals surface area contributed by atoms with Crippen molar-refractivity contribution in [2.24, 2.45) is 10.7 Å². The summed E-state index contributed by atoms with van der Waals surface area (Å²) >= 11 is 6.05. The molecule has 21 heavy (non-hydrogen) atoms. The Balaban J connectivity index is 1.95. The van der Waals surface area contributed by atoms with Gasteiger partial charge in [0, 0.05) is 5.69 Å². The molecule has 116 valence electrons. The van der Waals surface area contributed by atoms with Gasteiger partial charge in [-0.3, -0.25) is 4.99 Å². The molecule has 4 N–H and O–H groups in total. The number of aliphatic imine (C=N–C) groups is 1. The van der Waals surface area contributed by atoms with Crippen LogP contribution in [0.2, 0.25) is 5.02 Å². The third-order valence-electron chi connectivity index (χ3n) is 3.75. The molecule has 5 nitrogen and oxygen atoms in total. The van der Waals surface area contributed by atoms with Crippen molar-refractivity contribution in [3.05, 3.63) is 23.2 Å². The van der Waals surface area contributed by atoms with Gasteiger partial charge in [-0.05, 0) is 31.0 Å². The van der Waals surface area contributed by atoms with Crippen LogP contribution in [0.3, 0.4) is 0 Å². The number of ether oxygens (including phenoxy) is 1. The number of anilines is 1. The molecule has 2 rings (SSSR count). The molecular formula is C15H22ClN3O2. The zero-order valence-corrected chi connectivity index (χ0v) is 13.0. The van der Waals surface area contributed by atoms with E-state index in [-0.39, 0.29) is 5.96 Å². The first kappa shape index (κ1) is 15.9. The molecule has 0 aliphatic heterocycles. The van der Waals surface area contributed by atoms with Gasteiger partial charge in [0.2, 0.25) is 0 Å². The second kappa shape index (κ2) is 7.00. The second-order valence-electron chi connectivity index (χ2n) is 5.46. The lowest BCUT2D eigenvalue weighted by molar-refractivity contribution is 0.0132. The fourth-order valence-corrected chi connectivity index (χ4v) is 2.79. The van der Waals surface area contributed by atoms with Crippen LogP contribution in [0, 0.1) is 0 Å². The molecule has 0 bridgehead atoms. The Kier molecular flexibility index (Phi) is 5.31. The topological polar surface area (TPSA) is 79.9 Å². The second-order valence-corrected chi connectivity index (χ2v) is 5.87. The quantitative estimate of drug-likeness (QED) is 0.590. The first-order valence-electron chi connectivity index (χ1n) is 7.15. The highest BCUT2D eigenvalue weighted by Crippen LogP contribution is 2.29.